The zero-order valence-corrected chi connectivity index (χ0v) is 47.6. The van der Waals surface area contributed by atoms with E-state index >= 15 is 0 Å². The number of ether oxygens (including phenoxy) is 3. The molecule has 4 unspecified atom stereocenters. The minimum absolute atomic E-state index is 0.0126. The largest absolute Gasteiger partial charge is 0.490 e. The number of carboxylic acid groups (broad SMARTS) is 1. The molecule has 3 amide bonds. The predicted molar refractivity (Wildman–Crippen MR) is 297 cm³/mol. The molecule has 13 N–H and O–H groups in total. The lowest BCUT2D eigenvalue weighted by atomic mass is 9.89. The van der Waals surface area contributed by atoms with Crippen LogP contribution in [0.25, 0.3) is 33.4 Å². The lowest BCUT2D eigenvalue weighted by molar-refractivity contribution is -0.0544. The van der Waals surface area contributed by atoms with E-state index in [9.17, 15) is 47.8 Å². The maximum Gasteiger partial charge on any atom is 0.490 e. The van der Waals surface area contributed by atoms with Crippen molar-refractivity contribution >= 4 is 106 Å². The molecule has 6 rings (SSSR count). The number of amides is 3. The average Bonchev–Trinajstić information content (AvgIpc) is 3.89. The van der Waals surface area contributed by atoms with Crippen LogP contribution in [-0.4, -0.2) is 121 Å². The predicted octanol–water partition coefficient (Wildman–Crippen LogP) is 4.78. The number of anilines is 2. The number of fused-ring (bicyclic) bond motifs is 2. The van der Waals surface area contributed by atoms with Crippen molar-refractivity contribution < 1.29 is 84.5 Å². The summed E-state index contributed by atoms with van der Waals surface area (Å²) in [5.74, 6) is 5.65. The second kappa shape index (κ2) is 29.1. The Morgan fingerprint density at radius 1 is 0.962 bits per heavy atom. The van der Waals surface area contributed by atoms with Gasteiger partial charge in [-0.2, -0.15) is 13.6 Å². The summed E-state index contributed by atoms with van der Waals surface area (Å²) >= 11 is 5.32. The molecular formula is C45H55N8O19P3S4. The van der Waals surface area contributed by atoms with Crippen molar-refractivity contribution in [2.24, 2.45) is 0 Å². The monoisotopic (exact) mass is 1230 g/mol. The van der Waals surface area contributed by atoms with Gasteiger partial charge in [-0.25, -0.2) is 28.1 Å². The number of nitrogens with one attached hydrogen (secondary N) is 4. The summed E-state index contributed by atoms with van der Waals surface area (Å²) in [5, 5.41) is 27.2. The number of carbonyl (C=O) groups excluding carboxylic acids is 2. The van der Waals surface area contributed by atoms with E-state index in [1.54, 1.807) is 36.4 Å². The van der Waals surface area contributed by atoms with Crippen molar-refractivity contribution in [2.75, 3.05) is 67.7 Å². The Morgan fingerprint density at radius 2 is 1.75 bits per heavy atom. The number of urea groups is 1. The molecule has 0 spiro atoms. The normalized spacial score (nSPS) is 17.3. The fourth-order valence-electron chi connectivity index (χ4n) is 7.50. The minimum atomic E-state index is -5.79. The van der Waals surface area contributed by atoms with Gasteiger partial charge < -0.3 is 76.1 Å². The molecule has 1 aliphatic carbocycles. The maximum absolute atomic E-state index is 13.3. The molecular weight excluding hydrogens is 1180 g/mol. The zero-order chi connectivity index (χ0) is 57.5. The maximum atomic E-state index is 13.3. The van der Waals surface area contributed by atoms with Crippen molar-refractivity contribution in [2.45, 2.75) is 51.0 Å². The molecule has 27 nitrogen and oxygen atoms in total. The highest BCUT2D eigenvalue weighted by Crippen LogP contribution is 2.66. The highest BCUT2D eigenvalue weighted by atomic mass is 33.1. The first-order valence-electron chi connectivity index (χ1n) is 23.5. The Kier molecular flexibility index (Phi) is 23.2. The van der Waals surface area contributed by atoms with Crippen LogP contribution in [0.1, 0.15) is 65.1 Å². The first kappa shape index (κ1) is 63.1. The Labute approximate surface area is 465 Å². The van der Waals surface area contributed by atoms with Gasteiger partial charge in [0.05, 0.1) is 41.7 Å². The van der Waals surface area contributed by atoms with Crippen molar-refractivity contribution in [3.05, 3.63) is 93.3 Å². The lowest BCUT2D eigenvalue weighted by Gasteiger charge is -2.21. The van der Waals surface area contributed by atoms with Gasteiger partial charge in [-0.05, 0) is 84.2 Å². The fourth-order valence-corrected chi connectivity index (χ4v) is 12.8. The second-order valence-corrected chi connectivity index (χ2v) is 26.8. The molecule has 3 heterocycles. The molecule has 0 bridgehead atoms. The highest BCUT2D eigenvalue weighted by molar-refractivity contribution is 8.76. The molecule has 2 aliphatic heterocycles. The zero-order valence-electron chi connectivity index (χ0n) is 41.7. The van der Waals surface area contributed by atoms with Gasteiger partial charge in [0.15, 0.2) is 0 Å². The molecule has 1 saturated heterocycles. The van der Waals surface area contributed by atoms with Gasteiger partial charge in [-0.15, -0.1) is 0 Å². The van der Waals surface area contributed by atoms with Crippen LogP contribution >= 0.6 is 45.1 Å². The van der Waals surface area contributed by atoms with Crippen molar-refractivity contribution in [3.63, 3.8) is 0 Å². The van der Waals surface area contributed by atoms with E-state index in [-0.39, 0.29) is 52.7 Å². The van der Waals surface area contributed by atoms with Crippen LogP contribution in [0.3, 0.4) is 0 Å². The van der Waals surface area contributed by atoms with Crippen LogP contribution in [0.15, 0.2) is 70.0 Å². The number of hydrogen-bond donors (Lipinski definition) is 11. The number of unbranched alkanes of at least 4 members (excludes halogenated alkanes) is 2. The summed E-state index contributed by atoms with van der Waals surface area (Å²) in [6, 6.07) is 13.8. The van der Waals surface area contributed by atoms with E-state index < -0.39 is 75.7 Å². The number of aromatic carboxylic acids is 1. The van der Waals surface area contributed by atoms with Crippen molar-refractivity contribution in [1.82, 2.24) is 25.5 Å². The van der Waals surface area contributed by atoms with E-state index in [0.29, 0.717) is 82.7 Å². The van der Waals surface area contributed by atoms with Crippen molar-refractivity contribution in [1.29, 1.82) is 5.41 Å². The molecule has 6 atom stereocenters. The Morgan fingerprint density at radius 3 is 2.49 bits per heavy atom. The van der Waals surface area contributed by atoms with Gasteiger partial charge in [0.2, 0.25) is 0 Å². The smallest absolute Gasteiger partial charge is 0.478 e. The summed E-state index contributed by atoms with van der Waals surface area (Å²) in [6.45, 7) is 2.08. The van der Waals surface area contributed by atoms with Gasteiger partial charge in [0.25, 0.3) is 5.91 Å². The molecule has 79 heavy (non-hydrogen) atoms. The van der Waals surface area contributed by atoms with E-state index in [1.807, 2.05) is 6.92 Å². The van der Waals surface area contributed by atoms with Crippen LogP contribution in [0, 0.1) is 17.3 Å². The number of aromatic nitrogens is 2. The number of phosphoric acid groups is 3. The first-order chi connectivity index (χ1) is 37.4. The van der Waals surface area contributed by atoms with Gasteiger partial charge in [0.1, 0.15) is 35.4 Å². The number of nitrogen functional groups attached to an aromatic ring is 2. The molecule has 3 aliphatic rings. The third-order valence-corrected chi connectivity index (χ3v) is 19.0. The minimum Gasteiger partial charge on any atom is -0.478 e. The summed E-state index contributed by atoms with van der Waals surface area (Å²) in [6.07, 6.45) is 0.0902. The Balaban J connectivity index is 0.870. The summed E-state index contributed by atoms with van der Waals surface area (Å²) in [7, 11) is -14.6. The standard InChI is InChI=1S/C45H55N8O19P3S4/c1-2-79(76)26-67-37-22-39(70-38(37)24-68-74(62,63)72-75(64,65)71-73(59,60)61)53-23-28(41(48)52-45(53)58)7-6-15-51-44(57)50-14-4-3-5-17-66-25-78-77-18-16-49-42(54)27-8-11-31(43(55)56)34(19-27)40-32-12-9-29(46)20-35(32)69-36-21-30(47)10-13-33(36)40/h8-13,19-21,23,37-39,46H,2-5,14-18,22,24-26,47H2,1H3,(H,49,54)(H,55,56)(H,62,63)(H,64,65)(H2,48,52,58)(H2,50,51,57)(H2,59,60,61)/t37?,38-,39-,79?/m1/s1. The quantitative estimate of drug-likeness (QED) is 0.00610. The van der Waals surface area contributed by atoms with Crippen LogP contribution in [0.5, 0.6) is 0 Å². The molecule has 2 aromatic carbocycles. The van der Waals surface area contributed by atoms with E-state index in [1.165, 1.54) is 46.0 Å². The number of hydrogen-bond acceptors (Lipinski definition) is 21. The lowest BCUT2D eigenvalue weighted by Crippen LogP contribution is -2.36. The fraction of sp³-hybridized carbons (Fsp3) is 0.378. The molecule has 1 fully saturated rings. The molecule has 0 radical (unpaired) electrons. The number of carbonyl (C=O) groups is 3. The van der Waals surface area contributed by atoms with Crippen molar-refractivity contribution in [3.8, 4) is 34.3 Å². The number of rotatable bonds is 28. The molecule has 0 saturated carbocycles. The van der Waals surface area contributed by atoms with Crippen LogP contribution < -0.4 is 38.5 Å². The summed E-state index contributed by atoms with van der Waals surface area (Å²) in [5.41, 5.74) is 13.7. The molecule has 3 aromatic rings. The second-order valence-electron chi connectivity index (χ2n) is 16.7. The molecule has 1 aromatic heterocycles. The van der Waals surface area contributed by atoms with Crippen LogP contribution in [0.2, 0.25) is 0 Å². The van der Waals surface area contributed by atoms with Gasteiger partial charge >= 0.3 is 41.2 Å². The van der Waals surface area contributed by atoms with Gasteiger partial charge in [0, 0.05) is 78.0 Å². The number of nitrogens with two attached hydrogens (primary N) is 2. The summed E-state index contributed by atoms with van der Waals surface area (Å²) < 4.78 is 72.0. The molecule has 34 heteroatoms. The third kappa shape index (κ3) is 19.3. The van der Waals surface area contributed by atoms with Crippen LogP contribution in [0.4, 0.5) is 16.3 Å². The molecule has 428 valence electrons. The van der Waals surface area contributed by atoms with Gasteiger partial charge in [-0.3, -0.25) is 13.9 Å². The highest BCUT2D eigenvalue weighted by Gasteiger charge is 2.44. The Bertz CT molecular complexity index is 3360. The number of nitrogens with zero attached hydrogens (tertiary/aromatic N) is 2. The average molecular weight is 1230 g/mol. The van der Waals surface area contributed by atoms with E-state index in [4.69, 9.17) is 61.0 Å². The van der Waals surface area contributed by atoms with E-state index in [2.05, 4.69) is 41.4 Å². The first-order valence-corrected chi connectivity index (χ1v) is 33.0. The topological polar surface area (TPSA) is 419 Å². The number of benzene rings is 3. The number of carboxylic acids is 1. The van der Waals surface area contributed by atoms with Gasteiger partial charge in [-0.1, -0.05) is 49.8 Å². The SMILES string of the molecule is CCS(=S)COC1C[C@H](n2cc(C#CCNC(=O)NCCCCCOCSSCCNC(=O)c3ccc(C(=O)O)c(-c4c5ccc(=N)cc-5oc5cc(N)ccc45)c3)c(N)nc2=O)O[C@@H]1COP(=O)(O)OP(=O)(O)OP(=O)(O)O. The number of phosphoric ester groups is 1. The Hall–Kier alpha value is -5.06. The summed E-state index contributed by atoms with van der Waals surface area (Å²) in [4.78, 5) is 91.9. The van der Waals surface area contributed by atoms with Crippen LogP contribution in [-0.2, 0) is 61.7 Å². The van der Waals surface area contributed by atoms with E-state index in [0.717, 1.165) is 17.4 Å². The third-order valence-electron chi connectivity index (χ3n) is 11.0.